The number of carbonyl (C=O) groups excluding carboxylic acids is 2. The molecule has 116 valence electrons. The van der Waals surface area contributed by atoms with Gasteiger partial charge < -0.3 is 10.2 Å². The van der Waals surface area contributed by atoms with E-state index in [4.69, 9.17) is 11.6 Å². The van der Waals surface area contributed by atoms with Gasteiger partial charge in [0.25, 0.3) is 0 Å². The van der Waals surface area contributed by atoms with Crippen LogP contribution < -0.4 is 0 Å². The van der Waals surface area contributed by atoms with Gasteiger partial charge in [-0.1, -0.05) is 35.9 Å². The van der Waals surface area contributed by atoms with Crippen molar-refractivity contribution in [3.05, 3.63) is 51.6 Å². The largest absolute Gasteiger partial charge is 0.507 e. The molecule has 1 unspecified atom stereocenters. The summed E-state index contributed by atoms with van der Waals surface area (Å²) in [6.45, 7) is 0. The molecule has 0 heterocycles. The second-order valence-corrected chi connectivity index (χ2v) is 6.29. The number of hydrogen-bond donors (Lipinski definition) is 2. The minimum Gasteiger partial charge on any atom is -0.507 e. The predicted octanol–water partition coefficient (Wildman–Crippen LogP) is 3.42. The van der Waals surface area contributed by atoms with E-state index in [1.54, 1.807) is 24.3 Å². The number of fused-ring (bicyclic) bond motifs is 2. The molecule has 0 spiro atoms. The number of aliphatic hydroxyl groups excluding tert-OH is 1. The molecule has 5 heteroatoms. The lowest BCUT2D eigenvalue weighted by molar-refractivity contribution is 0.0911. The second-order valence-electron chi connectivity index (χ2n) is 5.92. The van der Waals surface area contributed by atoms with Gasteiger partial charge in [0.05, 0.1) is 22.3 Å². The molecule has 2 aliphatic carbocycles. The van der Waals surface area contributed by atoms with Crippen LogP contribution in [0.15, 0.2) is 35.4 Å². The summed E-state index contributed by atoms with van der Waals surface area (Å²) in [6, 6.07) is 6.83. The standard InChI is InChI=1S/C18H13ClO4/c19-15-8-4-1-2-5-9(8)16(21)14-13(15)17(22)10-6-3-7-11(20)12(10)18(14)23/h1-2,4-5,11,20-21H,3,6-7H2. The molecule has 0 amide bonds. The van der Waals surface area contributed by atoms with Gasteiger partial charge in [0.1, 0.15) is 5.75 Å². The van der Waals surface area contributed by atoms with Gasteiger partial charge in [-0.05, 0) is 19.3 Å². The summed E-state index contributed by atoms with van der Waals surface area (Å²) in [5, 5.41) is 21.8. The van der Waals surface area contributed by atoms with E-state index in [0.717, 1.165) is 0 Å². The van der Waals surface area contributed by atoms with E-state index in [1.165, 1.54) is 0 Å². The van der Waals surface area contributed by atoms with E-state index in [1.807, 2.05) is 0 Å². The number of hydrogen-bond acceptors (Lipinski definition) is 4. The first-order chi connectivity index (χ1) is 11.0. The summed E-state index contributed by atoms with van der Waals surface area (Å²) in [5.74, 6) is -1.10. The summed E-state index contributed by atoms with van der Waals surface area (Å²) < 4.78 is 0. The Kier molecular flexibility index (Phi) is 3.08. The summed E-state index contributed by atoms with van der Waals surface area (Å²) in [5.41, 5.74) is 0.423. The highest BCUT2D eigenvalue weighted by molar-refractivity contribution is 6.43. The van der Waals surface area contributed by atoms with Crippen LogP contribution in [0.2, 0.25) is 5.02 Å². The zero-order valence-corrected chi connectivity index (χ0v) is 12.9. The lowest BCUT2D eigenvalue weighted by atomic mass is 9.75. The quantitative estimate of drug-likeness (QED) is 0.777. The number of benzene rings is 2. The molecule has 4 nitrogen and oxygen atoms in total. The minimum absolute atomic E-state index is 0.0562. The van der Waals surface area contributed by atoms with Crippen LogP contribution in [0, 0.1) is 0 Å². The van der Waals surface area contributed by atoms with Crippen molar-refractivity contribution in [3.8, 4) is 5.75 Å². The van der Waals surface area contributed by atoms with Gasteiger partial charge >= 0.3 is 0 Å². The molecular weight excluding hydrogens is 316 g/mol. The molecule has 0 aliphatic heterocycles. The maximum atomic E-state index is 12.8. The third-order valence-corrected chi connectivity index (χ3v) is 5.05. The highest BCUT2D eigenvalue weighted by Gasteiger charge is 2.40. The number of ketones is 2. The SMILES string of the molecule is O=C1C2=C(CCCC2O)C(=O)c2c1c(O)c1ccccc1c2Cl. The van der Waals surface area contributed by atoms with Crippen LogP contribution in [-0.2, 0) is 0 Å². The summed E-state index contributed by atoms with van der Waals surface area (Å²) in [6.07, 6.45) is 0.564. The smallest absolute Gasteiger partial charge is 0.196 e. The van der Waals surface area contributed by atoms with Gasteiger partial charge in [-0.3, -0.25) is 9.59 Å². The number of allylic oxidation sites excluding steroid dienone is 1. The number of carbonyl (C=O) groups is 2. The maximum absolute atomic E-state index is 12.8. The fourth-order valence-corrected chi connectivity index (χ4v) is 3.92. The molecule has 0 aromatic heterocycles. The van der Waals surface area contributed by atoms with Gasteiger partial charge in [0, 0.05) is 21.9 Å². The molecular formula is C18H13ClO4. The number of aromatic hydroxyl groups is 1. The Morgan fingerprint density at radius 1 is 1.04 bits per heavy atom. The first-order valence-corrected chi connectivity index (χ1v) is 7.83. The summed E-state index contributed by atoms with van der Waals surface area (Å²) in [4.78, 5) is 25.7. The highest BCUT2D eigenvalue weighted by atomic mass is 35.5. The molecule has 0 saturated heterocycles. The first kappa shape index (κ1) is 14.4. The number of rotatable bonds is 0. The van der Waals surface area contributed by atoms with Crippen molar-refractivity contribution in [2.45, 2.75) is 25.4 Å². The fraction of sp³-hybridized carbons (Fsp3) is 0.222. The summed E-state index contributed by atoms with van der Waals surface area (Å²) >= 11 is 6.39. The average Bonchev–Trinajstić information content (AvgIpc) is 2.55. The Bertz CT molecular complexity index is 926. The van der Waals surface area contributed by atoms with Crippen molar-refractivity contribution in [1.29, 1.82) is 0 Å². The minimum atomic E-state index is -0.965. The Morgan fingerprint density at radius 3 is 2.48 bits per heavy atom. The van der Waals surface area contributed by atoms with Crippen LogP contribution in [0.4, 0.5) is 0 Å². The molecule has 23 heavy (non-hydrogen) atoms. The highest BCUT2D eigenvalue weighted by Crippen LogP contribution is 2.45. The molecule has 2 aromatic carbocycles. The van der Waals surface area contributed by atoms with Crippen LogP contribution in [0.3, 0.4) is 0 Å². The number of phenols is 1. The van der Waals surface area contributed by atoms with Crippen LogP contribution >= 0.6 is 11.6 Å². The lowest BCUT2D eigenvalue weighted by Gasteiger charge is -2.29. The lowest BCUT2D eigenvalue weighted by Crippen LogP contribution is -2.32. The van der Waals surface area contributed by atoms with Crippen molar-refractivity contribution in [3.63, 3.8) is 0 Å². The van der Waals surface area contributed by atoms with Gasteiger partial charge in [-0.2, -0.15) is 0 Å². The first-order valence-electron chi connectivity index (χ1n) is 7.46. The zero-order chi connectivity index (χ0) is 16.3. The molecule has 0 saturated carbocycles. The zero-order valence-electron chi connectivity index (χ0n) is 12.1. The van der Waals surface area contributed by atoms with Crippen molar-refractivity contribution >= 4 is 33.9 Å². The van der Waals surface area contributed by atoms with E-state index in [2.05, 4.69) is 0 Å². The van der Waals surface area contributed by atoms with Crippen molar-refractivity contribution in [2.24, 2.45) is 0 Å². The fourth-order valence-electron chi connectivity index (χ4n) is 3.57. The molecule has 2 aromatic rings. The Labute approximate surface area is 137 Å². The topological polar surface area (TPSA) is 74.6 Å². The molecule has 1 atom stereocenters. The monoisotopic (exact) mass is 328 g/mol. The Morgan fingerprint density at radius 2 is 1.74 bits per heavy atom. The number of aliphatic hydroxyl groups is 1. The average molecular weight is 329 g/mol. The molecule has 2 N–H and O–H groups in total. The molecule has 0 fully saturated rings. The molecule has 4 rings (SSSR count). The third-order valence-electron chi connectivity index (χ3n) is 4.66. The predicted molar refractivity (Wildman–Crippen MR) is 86.2 cm³/mol. The van der Waals surface area contributed by atoms with Crippen LogP contribution in [0.25, 0.3) is 10.8 Å². The number of phenolic OH excluding ortho intramolecular Hbond substituents is 1. The molecule has 0 radical (unpaired) electrons. The van der Waals surface area contributed by atoms with Crippen LogP contribution in [0.5, 0.6) is 5.75 Å². The van der Waals surface area contributed by atoms with E-state index in [9.17, 15) is 19.8 Å². The van der Waals surface area contributed by atoms with Gasteiger partial charge in [-0.25, -0.2) is 0 Å². The normalized spacial score (nSPS) is 20.7. The Hall–Kier alpha value is -2.17. The molecule has 2 aliphatic rings. The summed E-state index contributed by atoms with van der Waals surface area (Å²) in [7, 11) is 0. The third kappa shape index (κ3) is 1.82. The molecule has 0 bridgehead atoms. The van der Waals surface area contributed by atoms with E-state index < -0.39 is 11.9 Å². The van der Waals surface area contributed by atoms with Gasteiger partial charge in [-0.15, -0.1) is 0 Å². The van der Waals surface area contributed by atoms with Gasteiger partial charge in [0.15, 0.2) is 11.6 Å². The maximum Gasteiger partial charge on any atom is 0.196 e. The second kappa shape index (κ2) is 4.91. The van der Waals surface area contributed by atoms with Crippen molar-refractivity contribution in [1.82, 2.24) is 0 Å². The number of Topliss-reactive ketones (excluding diaryl/α,β-unsaturated/α-hetero) is 2. The Balaban J connectivity index is 2.12. The van der Waals surface area contributed by atoms with Crippen molar-refractivity contribution < 1.29 is 19.8 Å². The van der Waals surface area contributed by atoms with Crippen molar-refractivity contribution in [2.75, 3.05) is 0 Å². The van der Waals surface area contributed by atoms with Gasteiger partial charge in [0.2, 0.25) is 0 Å². The van der Waals surface area contributed by atoms with Crippen LogP contribution in [-0.4, -0.2) is 27.9 Å². The van der Waals surface area contributed by atoms with E-state index in [-0.39, 0.29) is 33.3 Å². The van der Waals surface area contributed by atoms with E-state index in [0.29, 0.717) is 35.6 Å². The number of halogens is 1. The van der Waals surface area contributed by atoms with E-state index >= 15 is 0 Å². The van der Waals surface area contributed by atoms with Crippen LogP contribution in [0.1, 0.15) is 40.0 Å².